The summed E-state index contributed by atoms with van der Waals surface area (Å²) in [5.41, 5.74) is 0.611. The van der Waals surface area contributed by atoms with Crippen LogP contribution in [0.5, 0.6) is 0 Å². The average Bonchev–Trinajstić information content (AvgIpc) is 3.12. The molecular formula is C17H18N2O6S. The predicted octanol–water partition coefficient (Wildman–Crippen LogP) is 1.27. The number of aromatic carboxylic acids is 1. The molecule has 3 rings (SSSR count). The number of nitrogens with zero attached hydrogens (tertiary/aromatic N) is 2. The number of benzene rings is 1. The number of carbonyl (C=O) groups excluding carboxylic acids is 1. The van der Waals surface area contributed by atoms with Gasteiger partial charge in [0.1, 0.15) is 6.26 Å². The Morgan fingerprint density at radius 1 is 1.08 bits per heavy atom. The lowest BCUT2D eigenvalue weighted by Gasteiger charge is -2.33. The van der Waals surface area contributed by atoms with E-state index in [9.17, 15) is 18.0 Å². The second-order valence-electron chi connectivity index (χ2n) is 5.94. The number of amides is 1. The summed E-state index contributed by atoms with van der Waals surface area (Å²) in [7, 11) is -3.46. The highest BCUT2D eigenvalue weighted by molar-refractivity contribution is 7.88. The van der Waals surface area contributed by atoms with Gasteiger partial charge >= 0.3 is 5.97 Å². The van der Waals surface area contributed by atoms with E-state index in [1.54, 1.807) is 24.3 Å². The molecule has 138 valence electrons. The molecule has 26 heavy (non-hydrogen) atoms. The van der Waals surface area contributed by atoms with Gasteiger partial charge in [-0.1, -0.05) is 30.3 Å². The van der Waals surface area contributed by atoms with Crippen LogP contribution in [-0.2, 0) is 15.8 Å². The van der Waals surface area contributed by atoms with Crippen LogP contribution in [0.4, 0.5) is 0 Å². The first kappa shape index (κ1) is 18.2. The maximum atomic E-state index is 12.5. The SMILES string of the molecule is O=C(O)c1coc(C(=O)N2CCN(S(=O)(=O)Cc3ccccc3)CC2)c1. The predicted molar refractivity (Wildman–Crippen MR) is 92.2 cm³/mol. The van der Waals surface area contributed by atoms with Crippen LogP contribution in [-0.4, -0.2) is 60.8 Å². The Balaban J connectivity index is 1.61. The molecule has 1 amide bonds. The number of carboxylic acids is 1. The Bertz CT molecular complexity index is 898. The van der Waals surface area contributed by atoms with Crippen molar-refractivity contribution < 1.29 is 27.5 Å². The first-order valence-electron chi connectivity index (χ1n) is 8.00. The molecule has 9 heteroatoms. The summed E-state index contributed by atoms with van der Waals surface area (Å²) in [4.78, 5) is 24.7. The maximum absolute atomic E-state index is 12.5. The second kappa shape index (κ2) is 7.30. The molecule has 8 nitrogen and oxygen atoms in total. The van der Waals surface area contributed by atoms with Gasteiger partial charge in [0.25, 0.3) is 5.91 Å². The molecule has 0 saturated carbocycles. The zero-order chi connectivity index (χ0) is 18.7. The molecule has 0 bridgehead atoms. The number of sulfonamides is 1. The van der Waals surface area contributed by atoms with Crippen LogP contribution < -0.4 is 0 Å². The monoisotopic (exact) mass is 378 g/mol. The Labute approximate surface area is 150 Å². The van der Waals surface area contributed by atoms with E-state index in [0.29, 0.717) is 5.56 Å². The molecule has 0 unspecified atom stereocenters. The molecule has 1 aliphatic rings. The quantitative estimate of drug-likeness (QED) is 0.839. The van der Waals surface area contributed by atoms with E-state index in [1.165, 1.54) is 15.3 Å². The van der Waals surface area contributed by atoms with E-state index >= 15 is 0 Å². The normalized spacial score (nSPS) is 15.8. The summed E-state index contributed by atoms with van der Waals surface area (Å²) >= 11 is 0. The molecule has 1 fully saturated rings. The first-order valence-corrected chi connectivity index (χ1v) is 9.60. The summed E-state index contributed by atoms with van der Waals surface area (Å²) in [6.45, 7) is 0.812. The molecule has 0 aliphatic carbocycles. The third-order valence-electron chi connectivity index (χ3n) is 4.17. The molecular weight excluding hydrogens is 360 g/mol. The zero-order valence-electron chi connectivity index (χ0n) is 13.9. The Hall–Kier alpha value is -2.65. The van der Waals surface area contributed by atoms with Crippen LogP contribution in [0.15, 0.2) is 47.1 Å². The highest BCUT2D eigenvalue weighted by Gasteiger charge is 2.30. The fourth-order valence-corrected chi connectivity index (χ4v) is 4.28. The minimum absolute atomic E-state index is 0.0667. The van der Waals surface area contributed by atoms with Crippen molar-refractivity contribution in [2.75, 3.05) is 26.2 Å². The van der Waals surface area contributed by atoms with Gasteiger partial charge in [0, 0.05) is 32.2 Å². The van der Waals surface area contributed by atoms with Gasteiger partial charge in [-0.15, -0.1) is 0 Å². The van der Waals surface area contributed by atoms with Gasteiger partial charge in [-0.3, -0.25) is 4.79 Å². The van der Waals surface area contributed by atoms with Crippen LogP contribution in [0.25, 0.3) is 0 Å². The van der Waals surface area contributed by atoms with Gasteiger partial charge in [-0.05, 0) is 5.56 Å². The zero-order valence-corrected chi connectivity index (χ0v) is 14.7. The van der Waals surface area contributed by atoms with E-state index in [-0.39, 0.29) is 43.3 Å². The van der Waals surface area contributed by atoms with Gasteiger partial charge in [0.2, 0.25) is 10.0 Å². The molecule has 1 saturated heterocycles. The van der Waals surface area contributed by atoms with Crippen LogP contribution in [0.3, 0.4) is 0 Å². The lowest BCUT2D eigenvalue weighted by atomic mass is 10.2. The number of furan rings is 1. The molecule has 1 N–H and O–H groups in total. The van der Waals surface area contributed by atoms with Crippen LogP contribution >= 0.6 is 0 Å². The minimum atomic E-state index is -3.46. The van der Waals surface area contributed by atoms with Crippen molar-refractivity contribution in [2.24, 2.45) is 0 Å². The fraction of sp³-hybridized carbons (Fsp3) is 0.294. The Morgan fingerprint density at radius 2 is 1.73 bits per heavy atom. The van der Waals surface area contributed by atoms with Crippen molar-refractivity contribution in [1.82, 2.24) is 9.21 Å². The summed E-state index contributed by atoms with van der Waals surface area (Å²) in [6, 6.07) is 10.1. The topological polar surface area (TPSA) is 108 Å². The highest BCUT2D eigenvalue weighted by Crippen LogP contribution is 2.16. The standard InChI is InChI=1S/C17H18N2O6S/c20-16(15-10-14(11-25-15)17(21)22)18-6-8-19(9-7-18)26(23,24)12-13-4-2-1-3-5-13/h1-5,10-11H,6-9,12H2,(H,21,22). The number of carbonyl (C=O) groups is 2. The van der Waals surface area contributed by atoms with Gasteiger partial charge in [0.05, 0.1) is 11.3 Å². The molecule has 1 aromatic heterocycles. The lowest BCUT2D eigenvalue weighted by molar-refractivity contribution is 0.0664. The van der Waals surface area contributed by atoms with Crippen LogP contribution in [0.1, 0.15) is 26.5 Å². The molecule has 2 aromatic rings. The van der Waals surface area contributed by atoms with Crippen molar-refractivity contribution in [3.05, 3.63) is 59.5 Å². The number of hydrogen-bond acceptors (Lipinski definition) is 5. The van der Waals surface area contributed by atoms with E-state index < -0.39 is 21.9 Å². The molecule has 2 heterocycles. The average molecular weight is 378 g/mol. The van der Waals surface area contributed by atoms with E-state index in [4.69, 9.17) is 9.52 Å². The largest absolute Gasteiger partial charge is 0.478 e. The molecule has 1 aromatic carbocycles. The van der Waals surface area contributed by atoms with Crippen molar-refractivity contribution in [3.63, 3.8) is 0 Å². The van der Waals surface area contributed by atoms with E-state index in [2.05, 4.69) is 0 Å². The van der Waals surface area contributed by atoms with Crippen molar-refractivity contribution >= 4 is 21.9 Å². The highest BCUT2D eigenvalue weighted by atomic mass is 32.2. The first-order chi connectivity index (χ1) is 12.4. The number of hydrogen-bond donors (Lipinski definition) is 1. The fourth-order valence-electron chi connectivity index (χ4n) is 2.76. The lowest BCUT2D eigenvalue weighted by Crippen LogP contribution is -2.50. The van der Waals surface area contributed by atoms with Crippen molar-refractivity contribution in [2.45, 2.75) is 5.75 Å². The van der Waals surface area contributed by atoms with Crippen LogP contribution in [0, 0.1) is 0 Å². The van der Waals surface area contributed by atoms with Crippen molar-refractivity contribution in [1.29, 1.82) is 0 Å². The van der Waals surface area contributed by atoms with Gasteiger partial charge in [-0.25, -0.2) is 13.2 Å². The minimum Gasteiger partial charge on any atom is -0.478 e. The maximum Gasteiger partial charge on any atom is 0.338 e. The third-order valence-corrected chi connectivity index (χ3v) is 6.02. The Kier molecular flexibility index (Phi) is 5.10. The van der Waals surface area contributed by atoms with Gasteiger partial charge in [0.15, 0.2) is 5.76 Å². The number of rotatable bonds is 5. The number of piperazine rings is 1. The van der Waals surface area contributed by atoms with Crippen molar-refractivity contribution in [3.8, 4) is 0 Å². The van der Waals surface area contributed by atoms with E-state index in [0.717, 1.165) is 6.26 Å². The second-order valence-corrected chi connectivity index (χ2v) is 7.91. The van der Waals surface area contributed by atoms with Crippen LogP contribution in [0.2, 0.25) is 0 Å². The summed E-state index contributed by atoms with van der Waals surface area (Å²) < 4.78 is 31.4. The smallest absolute Gasteiger partial charge is 0.338 e. The summed E-state index contributed by atoms with van der Waals surface area (Å²) in [5.74, 6) is -1.77. The molecule has 1 aliphatic heterocycles. The van der Waals surface area contributed by atoms with Gasteiger partial charge in [-0.2, -0.15) is 4.31 Å². The van der Waals surface area contributed by atoms with Gasteiger partial charge < -0.3 is 14.4 Å². The summed E-state index contributed by atoms with van der Waals surface area (Å²) in [5, 5.41) is 8.88. The molecule has 0 spiro atoms. The number of carboxylic acid groups (broad SMARTS) is 1. The summed E-state index contributed by atoms with van der Waals surface area (Å²) in [6.07, 6.45) is 1.01. The van der Waals surface area contributed by atoms with E-state index in [1.807, 2.05) is 6.07 Å². The third kappa shape index (κ3) is 3.94. The Morgan fingerprint density at radius 3 is 2.31 bits per heavy atom. The molecule has 0 radical (unpaired) electrons. The molecule has 0 atom stereocenters.